The molecule has 23 heavy (non-hydrogen) atoms. The molecule has 0 unspecified atom stereocenters. The van der Waals surface area contributed by atoms with E-state index in [-0.39, 0.29) is 18.0 Å². The predicted molar refractivity (Wildman–Crippen MR) is 82.9 cm³/mol. The fourth-order valence-corrected chi connectivity index (χ4v) is 3.05. The molecule has 3 rings (SSSR count). The SMILES string of the molecule is CCOC(=O)Nc1ccc(N2CCC3(CCOO3)CC2)c(F)c1. The predicted octanol–water partition coefficient (Wildman–Crippen LogP) is 3.09. The molecule has 2 fully saturated rings. The summed E-state index contributed by atoms with van der Waals surface area (Å²) in [6, 6.07) is 4.67. The van der Waals surface area contributed by atoms with Gasteiger partial charge in [0.05, 0.1) is 18.9 Å². The van der Waals surface area contributed by atoms with Crippen molar-refractivity contribution in [3.63, 3.8) is 0 Å². The third-order valence-corrected chi connectivity index (χ3v) is 4.36. The van der Waals surface area contributed by atoms with Crippen LogP contribution in [0.15, 0.2) is 18.2 Å². The molecule has 2 aliphatic rings. The first-order chi connectivity index (χ1) is 11.1. The number of hydrogen-bond acceptors (Lipinski definition) is 5. The van der Waals surface area contributed by atoms with Crippen molar-refractivity contribution in [2.45, 2.75) is 31.8 Å². The van der Waals surface area contributed by atoms with Crippen molar-refractivity contribution >= 4 is 17.5 Å². The lowest BCUT2D eigenvalue weighted by molar-refractivity contribution is -0.312. The topological polar surface area (TPSA) is 60.0 Å². The number of nitrogens with one attached hydrogen (secondary N) is 1. The van der Waals surface area contributed by atoms with Gasteiger partial charge in [-0.05, 0) is 38.0 Å². The lowest BCUT2D eigenvalue weighted by atomic mass is 9.89. The summed E-state index contributed by atoms with van der Waals surface area (Å²) in [7, 11) is 0. The minimum atomic E-state index is -0.585. The third kappa shape index (κ3) is 3.56. The molecule has 0 bridgehead atoms. The number of rotatable bonds is 3. The molecular weight excluding hydrogens is 303 g/mol. The number of carbonyl (C=O) groups excluding carboxylic acids is 1. The Bertz CT molecular complexity index is 565. The van der Waals surface area contributed by atoms with Gasteiger partial charge >= 0.3 is 6.09 Å². The van der Waals surface area contributed by atoms with Crippen LogP contribution in [0.5, 0.6) is 0 Å². The maximum Gasteiger partial charge on any atom is 0.411 e. The zero-order valence-electron chi connectivity index (χ0n) is 13.1. The van der Waals surface area contributed by atoms with E-state index in [4.69, 9.17) is 14.5 Å². The Hall–Kier alpha value is -1.86. The lowest BCUT2D eigenvalue weighted by Gasteiger charge is -2.38. The third-order valence-electron chi connectivity index (χ3n) is 4.36. The number of hydrogen-bond donors (Lipinski definition) is 1. The van der Waals surface area contributed by atoms with Crippen LogP contribution in [0.25, 0.3) is 0 Å². The first-order valence-corrected chi connectivity index (χ1v) is 7.91. The Labute approximate surface area is 134 Å². The normalized spacial score (nSPS) is 19.8. The highest BCUT2D eigenvalue weighted by atomic mass is 19.1. The molecule has 1 amide bonds. The van der Waals surface area contributed by atoms with Crippen molar-refractivity contribution in [3.05, 3.63) is 24.0 Å². The highest BCUT2D eigenvalue weighted by Gasteiger charge is 2.40. The van der Waals surface area contributed by atoms with Crippen LogP contribution in [0.3, 0.4) is 0 Å². The molecule has 6 nitrogen and oxygen atoms in total. The van der Waals surface area contributed by atoms with E-state index in [1.807, 2.05) is 4.90 Å². The van der Waals surface area contributed by atoms with Gasteiger partial charge in [-0.2, -0.15) is 0 Å². The highest BCUT2D eigenvalue weighted by molar-refractivity contribution is 5.84. The molecule has 2 heterocycles. The summed E-state index contributed by atoms with van der Waals surface area (Å²) in [6.45, 7) is 4.04. The molecule has 0 aliphatic carbocycles. The molecule has 1 spiro atoms. The van der Waals surface area contributed by atoms with Gasteiger partial charge in [0, 0.05) is 25.2 Å². The van der Waals surface area contributed by atoms with Gasteiger partial charge in [0.15, 0.2) is 0 Å². The van der Waals surface area contributed by atoms with Crippen LogP contribution in [-0.4, -0.2) is 38.0 Å². The molecule has 2 saturated heterocycles. The van der Waals surface area contributed by atoms with Gasteiger partial charge in [0.25, 0.3) is 0 Å². The van der Waals surface area contributed by atoms with Gasteiger partial charge in [-0.25, -0.2) is 19.0 Å². The standard InChI is InChI=1S/C16H21FN2O4/c1-2-21-15(20)18-12-3-4-14(13(17)11-12)19-8-5-16(6-9-19)7-10-22-23-16/h3-4,11H,2,5-10H2,1H3,(H,18,20). The van der Waals surface area contributed by atoms with Gasteiger partial charge in [0.2, 0.25) is 0 Å². The van der Waals surface area contributed by atoms with Gasteiger partial charge in [-0.1, -0.05) is 0 Å². The minimum Gasteiger partial charge on any atom is -0.450 e. The summed E-state index contributed by atoms with van der Waals surface area (Å²) in [5.41, 5.74) is 0.720. The summed E-state index contributed by atoms with van der Waals surface area (Å²) < 4.78 is 19.1. The first-order valence-electron chi connectivity index (χ1n) is 7.91. The van der Waals surface area contributed by atoms with Crippen LogP contribution in [0.1, 0.15) is 26.2 Å². The number of amides is 1. The van der Waals surface area contributed by atoms with Crippen LogP contribution in [-0.2, 0) is 14.5 Å². The van der Waals surface area contributed by atoms with Crippen molar-refractivity contribution in [2.75, 3.05) is 36.5 Å². The van der Waals surface area contributed by atoms with Gasteiger partial charge in [-0.3, -0.25) is 5.32 Å². The van der Waals surface area contributed by atoms with E-state index in [0.717, 1.165) is 19.3 Å². The molecule has 1 aromatic rings. The van der Waals surface area contributed by atoms with Crippen LogP contribution in [0, 0.1) is 5.82 Å². The molecule has 126 valence electrons. The largest absolute Gasteiger partial charge is 0.450 e. The van der Waals surface area contributed by atoms with Crippen molar-refractivity contribution < 1.29 is 23.7 Å². The lowest BCUT2D eigenvalue weighted by Crippen LogP contribution is -2.44. The Balaban J connectivity index is 1.63. The average molecular weight is 324 g/mol. The second-order valence-electron chi connectivity index (χ2n) is 5.84. The maximum absolute atomic E-state index is 14.3. The summed E-state index contributed by atoms with van der Waals surface area (Å²) in [4.78, 5) is 23.8. The van der Waals surface area contributed by atoms with Crippen LogP contribution in [0.4, 0.5) is 20.6 Å². The second kappa shape index (κ2) is 6.72. The number of carbonyl (C=O) groups is 1. The second-order valence-corrected chi connectivity index (χ2v) is 5.84. The van der Waals surface area contributed by atoms with E-state index >= 15 is 0 Å². The Morgan fingerprint density at radius 2 is 2.17 bits per heavy atom. The number of benzene rings is 1. The van der Waals surface area contributed by atoms with E-state index in [1.165, 1.54) is 6.07 Å². The fraction of sp³-hybridized carbons (Fsp3) is 0.562. The molecule has 0 aromatic heterocycles. The fourth-order valence-electron chi connectivity index (χ4n) is 3.05. The number of anilines is 2. The number of ether oxygens (including phenoxy) is 1. The Kier molecular flexibility index (Phi) is 4.68. The van der Waals surface area contributed by atoms with Crippen molar-refractivity contribution in [2.24, 2.45) is 0 Å². The van der Waals surface area contributed by atoms with Gasteiger partial charge < -0.3 is 9.64 Å². The summed E-state index contributed by atoms with van der Waals surface area (Å²) in [5, 5.41) is 2.50. The van der Waals surface area contributed by atoms with E-state index in [0.29, 0.717) is 31.1 Å². The Morgan fingerprint density at radius 1 is 1.39 bits per heavy atom. The summed E-state index contributed by atoms with van der Waals surface area (Å²) >= 11 is 0. The Morgan fingerprint density at radius 3 is 2.78 bits per heavy atom. The zero-order valence-corrected chi connectivity index (χ0v) is 13.1. The molecule has 1 N–H and O–H groups in total. The van der Waals surface area contributed by atoms with Crippen LogP contribution in [0.2, 0.25) is 0 Å². The maximum atomic E-state index is 14.3. The molecule has 1 aromatic carbocycles. The number of nitrogens with zero attached hydrogens (tertiary/aromatic N) is 1. The van der Waals surface area contributed by atoms with E-state index in [2.05, 4.69) is 5.32 Å². The smallest absolute Gasteiger partial charge is 0.411 e. The van der Waals surface area contributed by atoms with Gasteiger partial charge in [0.1, 0.15) is 11.4 Å². The highest BCUT2D eigenvalue weighted by Crippen LogP contribution is 2.36. The van der Waals surface area contributed by atoms with E-state index in [9.17, 15) is 9.18 Å². The van der Waals surface area contributed by atoms with Crippen molar-refractivity contribution in [3.8, 4) is 0 Å². The minimum absolute atomic E-state index is 0.196. The molecule has 7 heteroatoms. The monoisotopic (exact) mass is 324 g/mol. The quantitative estimate of drug-likeness (QED) is 0.866. The molecular formula is C16H21FN2O4. The van der Waals surface area contributed by atoms with E-state index in [1.54, 1.807) is 19.1 Å². The molecule has 2 aliphatic heterocycles. The zero-order chi connectivity index (χ0) is 16.3. The summed E-state index contributed by atoms with van der Waals surface area (Å²) in [5.74, 6) is -0.362. The summed E-state index contributed by atoms with van der Waals surface area (Å²) in [6.07, 6.45) is 1.94. The average Bonchev–Trinajstić information content (AvgIpc) is 2.97. The van der Waals surface area contributed by atoms with Crippen molar-refractivity contribution in [1.82, 2.24) is 0 Å². The van der Waals surface area contributed by atoms with Crippen molar-refractivity contribution in [1.29, 1.82) is 0 Å². The van der Waals surface area contributed by atoms with Gasteiger partial charge in [-0.15, -0.1) is 0 Å². The van der Waals surface area contributed by atoms with Crippen LogP contribution >= 0.6 is 0 Å². The molecule has 0 atom stereocenters. The first kappa shape index (κ1) is 16.0. The number of piperidine rings is 1. The number of halogens is 1. The molecule has 0 saturated carbocycles. The molecule has 0 radical (unpaired) electrons. The van der Waals surface area contributed by atoms with Crippen LogP contribution < -0.4 is 10.2 Å². The van der Waals surface area contributed by atoms with E-state index < -0.39 is 6.09 Å².